The largest absolute Gasteiger partial charge is 0.508 e. The maximum atomic E-state index is 11.7. The molecule has 1 aromatic rings. The highest BCUT2D eigenvalue weighted by Crippen LogP contribution is 2.27. The molecule has 8 nitrogen and oxygen atoms in total. The van der Waals surface area contributed by atoms with Gasteiger partial charge in [0, 0.05) is 19.9 Å². The summed E-state index contributed by atoms with van der Waals surface area (Å²) in [4.78, 5) is 33.5. The van der Waals surface area contributed by atoms with Gasteiger partial charge in [0.25, 0.3) is 11.5 Å². The van der Waals surface area contributed by atoms with Crippen molar-refractivity contribution in [3.05, 3.63) is 39.4 Å². The first kappa shape index (κ1) is 14.5. The second kappa shape index (κ2) is 4.89. The number of nitro benzene ring substituents is 1. The first-order chi connectivity index (χ1) is 9.68. The van der Waals surface area contributed by atoms with Gasteiger partial charge in [0.1, 0.15) is 11.3 Å². The van der Waals surface area contributed by atoms with Crippen LogP contribution in [0.25, 0.3) is 6.08 Å². The molecule has 0 aliphatic carbocycles. The molecule has 1 heterocycles. The predicted octanol–water partition coefficient (Wildman–Crippen LogP) is 1.52. The van der Waals surface area contributed by atoms with Crippen molar-refractivity contribution in [3.8, 4) is 5.75 Å². The van der Waals surface area contributed by atoms with Crippen LogP contribution in [0.2, 0.25) is 0 Å². The molecule has 1 fully saturated rings. The van der Waals surface area contributed by atoms with Crippen LogP contribution in [0.3, 0.4) is 0 Å². The summed E-state index contributed by atoms with van der Waals surface area (Å²) in [6.45, 7) is 2.80. The van der Waals surface area contributed by atoms with E-state index >= 15 is 0 Å². The van der Waals surface area contributed by atoms with Gasteiger partial charge in [-0.05, 0) is 17.7 Å². The second-order valence-corrected chi connectivity index (χ2v) is 4.78. The van der Waals surface area contributed by atoms with Crippen LogP contribution in [-0.2, 0) is 19.1 Å². The summed E-state index contributed by atoms with van der Waals surface area (Å²) in [5, 5.41) is 20.1. The molecule has 0 radical (unpaired) electrons. The first-order valence-electron chi connectivity index (χ1n) is 5.85. The Morgan fingerprint density at radius 3 is 2.29 bits per heavy atom. The summed E-state index contributed by atoms with van der Waals surface area (Å²) in [7, 11) is 0. The van der Waals surface area contributed by atoms with Gasteiger partial charge in [-0.15, -0.1) is 0 Å². The second-order valence-electron chi connectivity index (χ2n) is 4.78. The van der Waals surface area contributed by atoms with Crippen molar-refractivity contribution in [2.24, 2.45) is 0 Å². The summed E-state index contributed by atoms with van der Waals surface area (Å²) in [6, 6.07) is 3.22. The van der Waals surface area contributed by atoms with Crippen LogP contribution < -0.4 is 0 Å². The summed E-state index contributed by atoms with van der Waals surface area (Å²) in [5.74, 6) is -3.53. The fourth-order valence-electron chi connectivity index (χ4n) is 1.75. The van der Waals surface area contributed by atoms with Gasteiger partial charge >= 0.3 is 11.9 Å². The van der Waals surface area contributed by atoms with E-state index in [2.05, 4.69) is 0 Å². The number of nitro groups is 1. The Hall–Kier alpha value is -2.90. The lowest BCUT2D eigenvalue weighted by molar-refractivity contribution is -0.384. The smallest absolute Gasteiger partial charge is 0.348 e. The highest BCUT2D eigenvalue weighted by atomic mass is 16.7. The standard InChI is InChI=1S/C13H11NO7/c1-13(2)20-11(16)10(12(17)21-13)5-7-3-8(14(18)19)6-9(15)4-7/h3-6,15H,1-2H3. The normalized spacial score (nSPS) is 17.0. The number of ether oxygens (including phenoxy) is 2. The monoisotopic (exact) mass is 293 g/mol. The van der Waals surface area contributed by atoms with Gasteiger partial charge in [-0.3, -0.25) is 10.1 Å². The van der Waals surface area contributed by atoms with Crippen molar-refractivity contribution in [1.29, 1.82) is 0 Å². The molecule has 1 saturated heterocycles. The molecule has 0 spiro atoms. The number of carbonyl (C=O) groups is 2. The number of carbonyl (C=O) groups excluding carboxylic acids is 2. The number of rotatable bonds is 2. The summed E-state index contributed by atoms with van der Waals surface area (Å²) < 4.78 is 9.78. The molecule has 0 atom stereocenters. The van der Waals surface area contributed by atoms with Crippen LogP contribution in [0, 0.1) is 10.1 Å². The van der Waals surface area contributed by atoms with E-state index in [1.54, 1.807) is 0 Å². The zero-order valence-electron chi connectivity index (χ0n) is 11.2. The Morgan fingerprint density at radius 2 is 1.76 bits per heavy atom. The number of phenols is 1. The van der Waals surface area contributed by atoms with Crippen LogP contribution in [0.15, 0.2) is 23.8 Å². The van der Waals surface area contributed by atoms with Gasteiger partial charge in [-0.2, -0.15) is 0 Å². The molecule has 8 heteroatoms. The van der Waals surface area contributed by atoms with Crippen molar-refractivity contribution in [2.45, 2.75) is 19.6 Å². The lowest BCUT2D eigenvalue weighted by atomic mass is 10.1. The Morgan fingerprint density at radius 1 is 1.19 bits per heavy atom. The van der Waals surface area contributed by atoms with E-state index in [1.807, 2.05) is 0 Å². The number of benzene rings is 1. The molecule has 110 valence electrons. The minimum atomic E-state index is -1.36. The van der Waals surface area contributed by atoms with Gasteiger partial charge in [-0.25, -0.2) is 9.59 Å². The first-order valence-corrected chi connectivity index (χ1v) is 5.85. The van der Waals surface area contributed by atoms with Gasteiger partial charge in [-0.1, -0.05) is 0 Å². The number of esters is 2. The molecule has 1 aromatic carbocycles. The molecule has 0 bridgehead atoms. The third-order valence-corrected chi connectivity index (χ3v) is 2.56. The van der Waals surface area contributed by atoms with Gasteiger partial charge < -0.3 is 14.6 Å². The van der Waals surface area contributed by atoms with E-state index in [9.17, 15) is 24.8 Å². The average Bonchev–Trinajstić information content (AvgIpc) is 2.32. The molecule has 1 N–H and O–H groups in total. The minimum Gasteiger partial charge on any atom is -0.508 e. The van der Waals surface area contributed by atoms with Crippen LogP contribution in [0.5, 0.6) is 5.75 Å². The Kier molecular flexibility index (Phi) is 3.38. The van der Waals surface area contributed by atoms with Crippen molar-refractivity contribution in [2.75, 3.05) is 0 Å². The number of phenolic OH excluding ortho intramolecular Hbond substituents is 1. The van der Waals surface area contributed by atoms with Gasteiger partial charge in [0.15, 0.2) is 0 Å². The van der Waals surface area contributed by atoms with Gasteiger partial charge in [0.2, 0.25) is 0 Å². The van der Waals surface area contributed by atoms with Crippen molar-refractivity contribution < 1.29 is 29.1 Å². The van der Waals surface area contributed by atoms with Crippen molar-refractivity contribution in [3.63, 3.8) is 0 Å². The highest BCUT2D eigenvalue weighted by molar-refractivity contribution is 6.18. The van der Waals surface area contributed by atoms with E-state index in [0.717, 1.165) is 18.2 Å². The molecule has 21 heavy (non-hydrogen) atoms. The lowest BCUT2D eigenvalue weighted by Crippen LogP contribution is -2.41. The number of nitrogens with zero attached hydrogens (tertiary/aromatic N) is 1. The predicted molar refractivity (Wildman–Crippen MR) is 69.0 cm³/mol. The molecule has 1 aliphatic rings. The Bertz CT molecular complexity index is 653. The van der Waals surface area contributed by atoms with Crippen LogP contribution in [0.4, 0.5) is 5.69 Å². The zero-order chi connectivity index (χ0) is 15.8. The molecule has 0 saturated carbocycles. The summed E-state index contributed by atoms with van der Waals surface area (Å²) in [6.07, 6.45) is 1.06. The van der Waals surface area contributed by atoms with Crippen LogP contribution in [0.1, 0.15) is 19.4 Å². The highest BCUT2D eigenvalue weighted by Gasteiger charge is 2.38. The fraction of sp³-hybridized carbons (Fsp3) is 0.231. The number of non-ortho nitro benzene ring substituents is 1. The van der Waals surface area contributed by atoms with E-state index in [-0.39, 0.29) is 17.0 Å². The SMILES string of the molecule is CC1(C)OC(=O)C(=Cc2cc(O)cc([N+](=O)[O-])c2)C(=O)O1. The Balaban J connectivity index is 2.42. The fourth-order valence-corrected chi connectivity index (χ4v) is 1.75. The van der Waals surface area contributed by atoms with Crippen molar-refractivity contribution in [1.82, 2.24) is 0 Å². The molecule has 2 rings (SSSR count). The van der Waals surface area contributed by atoms with E-state index in [1.165, 1.54) is 19.9 Å². The van der Waals surface area contributed by atoms with Crippen LogP contribution >= 0.6 is 0 Å². The number of hydrogen-bond acceptors (Lipinski definition) is 7. The maximum absolute atomic E-state index is 11.7. The Labute approximate surface area is 118 Å². The van der Waals surface area contributed by atoms with Crippen LogP contribution in [-0.4, -0.2) is 27.8 Å². The molecule has 1 aliphatic heterocycles. The molecule has 0 unspecified atom stereocenters. The number of aromatic hydroxyl groups is 1. The quantitative estimate of drug-likeness (QED) is 0.289. The molecule has 0 aromatic heterocycles. The van der Waals surface area contributed by atoms with E-state index in [4.69, 9.17) is 9.47 Å². The summed E-state index contributed by atoms with van der Waals surface area (Å²) >= 11 is 0. The third kappa shape index (κ3) is 3.16. The minimum absolute atomic E-state index is 0.102. The van der Waals surface area contributed by atoms with E-state index in [0.29, 0.717) is 0 Å². The molecule has 0 amide bonds. The topological polar surface area (TPSA) is 116 Å². The van der Waals surface area contributed by atoms with E-state index < -0.39 is 28.2 Å². The third-order valence-electron chi connectivity index (χ3n) is 2.56. The summed E-state index contributed by atoms with van der Waals surface area (Å²) in [5.41, 5.74) is -0.681. The molecular formula is C13H11NO7. The average molecular weight is 293 g/mol. The van der Waals surface area contributed by atoms with Gasteiger partial charge in [0.05, 0.1) is 11.0 Å². The zero-order valence-corrected chi connectivity index (χ0v) is 11.2. The van der Waals surface area contributed by atoms with Crippen molar-refractivity contribution >= 4 is 23.7 Å². The molecular weight excluding hydrogens is 282 g/mol. The maximum Gasteiger partial charge on any atom is 0.348 e. The number of cyclic esters (lactones) is 2. The number of hydrogen-bond donors (Lipinski definition) is 1. The lowest BCUT2D eigenvalue weighted by Gasteiger charge is -2.29.